The normalized spacial score (nSPS) is 17.3. The van der Waals surface area contributed by atoms with Crippen molar-refractivity contribution in [3.05, 3.63) is 58.6 Å². The summed E-state index contributed by atoms with van der Waals surface area (Å²) in [5.74, 6) is 1.17. The first-order chi connectivity index (χ1) is 18.1. The lowest BCUT2D eigenvalue weighted by Crippen LogP contribution is -2.34. The Morgan fingerprint density at radius 2 is 1.97 bits per heavy atom. The summed E-state index contributed by atoms with van der Waals surface area (Å²) in [5.41, 5.74) is 3.29. The highest BCUT2D eigenvalue weighted by molar-refractivity contribution is 7.17. The molecule has 2 fully saturated rings. The number of thiophene rings is 1. The number of methoxy groups -OCH3 is 1. The third kappa shape index (κ3) is 4.81. The summed E-state index contributed by atoms with van der Waals surface area (Å²) in [7, 11) is 1.62. The number of rotatable bonds is 5. The van der Waals surface area contributed by atoms with Gasteiger partial charge in [-0.05, 0) is 55.5 Å². The SMILES string of the molecule is COc1ccc(C(=O)N2CCc3cc(C(=O)NC4CC4)sc3-c3ccccc32)nc1N1CCCOCC1. The van der Waals surface area contributed by atoms with Crippen molar-refractivity contribution >= 4 is 34.7 Å². The Morgan fingerprint density at radius 1 is 1.11 bits per heavy atom. The van der Waals surface area contributed by atoms with Crippen LogP contribution >= 0.6 is 11.3 Å². The number of benzene rings is 1. The van der Waals surface area contributed by atoms with Gasteiger partial charge in [0.25, 0.3) is 11.8 Å². The Hall–Kier alpha value is -3.43. The average molecular weight is 519 g/mol. The van der Waals surface area contributed by atoms with Gasteiger partial charge in [-0.2, -0.15) is 0 Å². The molecule has 1 N–H and O–H groups in total. The zero-order valence-corrected chi connectivity index (χ0v) is 21.7. The van der Waals surface area contributed by atoms with Crippen molar-refractivity contribution in [2.45, 2.75) is 31.7 Å². The number of aromatic nitrogens is 1. The lowest BCUT2D eigenvalue weighted by Gasteiger charge is -2.25. The summed E-state index contributed by atoms with van der Waals surface area (Å²) in [4.78, 5) is 37.2. The van der Waals surface area contributed by atoms with Gasteiger partial charge in [0.1, 0.15) is 5.69 Å². The lowest BCUT2D eigenvalue weighted by atomic mass is 10.1. The molecular weight excluding hydrogens is 488 g/mol. The van der Waals surface area contributed by atoms with Gasteiger partial charge in [-0.1, -0.05) is 18.2 Å². The van der Waals surface area contributed by atoms with Crippen LogP contribution in [0.3, 0.4) is 0 Å². The molecule has 2 amide bonds. The summed E-state index contributed by atoms with van der Waals surface area (Å²) in [5, 5.41) is 3.09. The van der Waals surface area contributed by atoms with E-state index in [9.17, 15) is 9.59 Å². The van der Waals surface area contributed by atoms with E-state index < -0.39 is 0 Å². The molecule has 3 aromatic rings. The van der Waals surface area contributed by atoms with E-state index in [-0.39, 0.29) is 11.8 Å². The molecule has 2 aliphatic heterocycles. The molecule has 1 aliphatic carbocycles. The van der Waals surface area contributed by atoms with Gasteiger partial charge in [0, 0.05) is 42.7 Å². The molecular formula is C28H30N4O4S. The van der Waals surface area contributed by atoms with Gasteiger partial charge in [-0.25, -0.2) is 4.98 Å². The molecule has 37 heavy (non-hydrogen) atoms. The van der Waals surface area contributed by atoms with E-state index in [2.05, 4.69) is 10.2 Å². The maximum absolute atomic E-state index is 13.9. The molecule has 4 heterocycles. The first kappa shape index (κ1) is 23.9. The Labute approximate surface area is 220 Å². The van der Waals surface area contributed by atoms with E-state index in [1.54, 1.807) is 13.2 Å². The van der Waals surface area contributed by atoms with E-state index in [0.717, 1.165) is 59.0 Å². The van der Waals surface area contributed by atoms with Crippen molar-refractivity contribution in [1.29, 1.82) is 0 Å². The van der Waals surface area contributed by atoms with Crippen LogP contribution in [0.15, 0.2) is 42.5 Å². The summed E-state index contributed by atoms with van der Waals surface area (Å²) >= 11 is 1.51. The number of carbonyl (C=O) groups excluding carboxylic acids is 2. The standard InChI is InChI=1S/C28H30N4O4S/c1-35-23-10-9-21(30-26(23)31-12-4-15-36-16-14-31)28(34)32-13-11-18-17-24(27(33)29-19-7-8-19)37-25(18)20-5-2-3-6-22(20)32/h2-3,5-6,9-10,17,19H,4,7-8,11-16H2,1H3,(H,29,33). The number of carbonyl (C=O) groups is 2. The molecule has 3 aliphatic rings. The maximum Gasteiger partial charge on any atom is 0.276 e. The second-order valence-corrected chi connectivity index (χ2v) is 10.7. The number of fused-ring (bicyclic) bond motifs is 3. The second kappa shape index (κ2) is 10.1. The largest absolute Gasteiger partial charge is 0.493 e. The van der Waals surface area contributed by atoms with Gasteiger partial charge in [0.15, 0.2) is 11.6 Å². The Bertz CT molecular complexity index is 1330. The number of para-hydroxylation sites is 1. The monoisotopic (exact) mass is 518 g/mol. The van der Waals surface area contributed by atoms with Gasteiger partial charge in [-0.3, -0.25) is 9.59 Å². The minimum absolute atomic E-state index is 0.000128. The number of hydrogen-bond acceptors (Lipinski definition) is 7. The van der Waals surface area contributed by atoms with Crippen molar-refractivity contribution in [2.75, 3.05) is 49.8 Å². The fourth-order valence-electron chi connectivity index (χ4n) is 4.94. The van der Waals surface area contributed by atoms with Gasteiger partial charge >= 0.3 is 0 Å². The minimum Gasteiger partial charge on any atom is -0.493 e. The molecule has 0 bridgehead atoms. The van der Waals surface area contributed by atoms with E-state index in [0.29, 0.717) is 49.4 Å². The van der Waals surface area contributed by atoms with Crippen molar-refractivity contribution in [2.24, 2.45) is 0 Å². The zero-order chi connectivity index (χ0) is 25.4. The number of ether oxygens (including phenoxy) is 2. The number of nitrogens with one attached hydrogen (secondary N) is 1. The first-order valence-corrected chi connectivity index (χ1v) is 13.7. The molecule has 0 unspecified atom stereocenters. The van der Waals surface area contributed by atoms with Crippen LogP contribution in [0.2, 0.25) is 0 Å². The molecule has 1 aromatic carbocycles. The molecule has 0 atom stereocenters. The van der Waals surface area contributed by atoms with Crippen LogP contribution in [0.4, 0.5) is 11.5 Å². The van der Waals surface area contributed by atoms with E-state index >= 15 is 0 Å². The summed E-state index contributed by atoms with van der Waals surface area (Å²) < 4.78 is 11.2. The van der Waals surface area contributed by atoms with Crippen LogP contribution in [-0.2, 0) is 11.2 Å². The van der Waals surface area contributed by atoms with Crippen LogP contribution < -0.4 is 19.9 Å². The third-order valence-electron chi connectivity index (χ3n) is 7.03. The highest BCUT2D eigenvalue weighted by Crippen LogP contribution is 2.42. The topological polar surface area (TPSA) is 84.0 Å². The first-order valence-electron chi connectivity index (χ1n) is 12.8. The Kier molecular flexibility index (Phi) is 6.56. The van der Waals surface area contributed by atoms with Crippen LogP contribution in [0.1, 0.15) is 45.0 Å². The second-order valence-electron chi connectivity index (χ2n) is 9.61. The molecule has 1 saturated carbocycles. The molecule has 9 heteroatoms. The predicted octanol–water partition coefficient (Wildman–Crippen LogP) is 4.14. The smallest absolute Gasteiger partial charge is 0.276 e. The van der Waals surface area contributed by atoms with Crippen LogP contribution in [0, 0.1) is 0 Å². The van der Waals surface area contributed by atoms with Crippen molar-refractivity contribution in [1.82, 2.24) is 10.3 Å². The molecule has 6 rings (SSSR count). The summed E-state index contributed by atoms with van der Waals surface area (Å²) in [6.07, 6.45) is 3.67. The molecule has 1 saturated heterocycles. The van der Waals surface area contributed by atoms with Gasteiger partial charge in [0.2, 0.25) is 0 Å². The van der Waals surface area contributed by atoms with Gasteiger partial charge in [-0.15, -0.1) is 11.3 Å². The molecule has 192 valence electrons. The van der Waals surface area contributed by atoms with Crippen molar-refractivity contribution in [3.8, 4) is 16.2 Å². The number of pyridine rings is 1. The molecule has 0 radical (unpaired) electrons. The fourth-order valence-corrected chi connectivity index (χ4v) is 6.09. The zero-order valence-electron chi connectivity index (χ0n) is 20.9. The van der Waals surface area contributed by atoms with Crippen molar-refractivity contribution < 1.29 is 19.1 Å². The fraction of sp³-hybridized carbons (Fsp3) is 0.393. The molecule has 0 spiro atoms. The highest BCUT2D eigenvalue weighted by Gasteiger charge is 2.30. The van der Waals surface area contributed by atoms with E-state index in [1.807, 2.05) is 41.3 Å². The van der Waals surface area contributed by atoms with Crippen LogP contribution in [0.25, 0.3) is 10.4 Å². The summed E-state index contributed by atoms with van der Waals surface area (Å²) in [6.45, 7) is 3.33. The van der Waals surface area contributed by atoms with E-state index in [1.165, 1.54) is 11.3 Å². The highest BCUT2D eigenvalue weighted by atomic mass is 32.1. The number of anilines is 2. The van der Waals surface area contributed by atoms with Crippen LogP contribution in [-0.4, -0.2) is 62.8 Å². The molecule has 2 aromatic heterocycles. The lowest BCUT2D eigenvalue weighted by molar-refractivity contribution is 0.0952. The van der Waals surface area contributed by atoms with Gasteiger partial charge in [0.05, 0.1) is 24.3 Å². The number of amides is 2. The predicted molar refractivity (Wildman–Crippen MR) is 144 cm³/mol. The number of hydrogen-bond donors (Lipinski definition) is 1. The average Bonchev–Trinajstić information content (AvgIpc) is 3.72. The molecule has 8 nitrogen and oxygen atoms in total. The third-order valence-corrected chi connectivity index (χ3v) is 8.24. The Balaban J connectivity index is 1.32. The van der Waals surface area contributed by atoms with Gasteiger partial charge < -0.3 is 24.6 Å². The Morgan fingerprint density at radius 3 is 2.81 bits per heavy atom. The minimum atomic E-state index is -0.149. The maximum atomic E-state index is 13.9. The quantitative estimate of drug-likeness (QED) is 0.547. The van der Waals surface area contributed by atoms with Crippen LogP contribution in [0.5, 0.6) is 5.75 Å². The summed E-state index contributed by atoms with van der Waals surface area (Å²) in [6, 6.07) is 13.8. The van der Waals surface area contributed by atoms with E-state index in [4.69, 9.17) is 14.5 Å². The van der Waals surface area contributed by atoms with Crippen molar-refractivity contribution in [3.63, 3.8) is 0 Å². The number of nitrogens with zero attached hydrogens (tertiary/aromatic N) is 3.